The van der Waals surface area contributed by atoms with E-state index in [0.717, 1.165) is 17.4 Å². The number of nitrogens with zero attached hydrogens (tertiary/aromatic N) is 3. The molecule has 0 fully saturated rings. The molecule has 0 saturated carbocycles. The summed E-state index contributed by atoms with van der Waals surface area (Å²) < 4.78 is 28.1. The Hall–Kier alpha value is -3.02. The second kappa shape index (κ2) is 7.54. The number of amides is 1. The smallest absolute Gasteiger partial charge is 0.296 e. The minimum atomic E-state index is -0.953. The number of rotatable bonds is 4. The molecule has 1 aliphatic heterocycles. The van der Waals surface area contributed by atoms with Crippen LogP contribution in [-0.2, 0) is 4.79 Å². The lowest BCUT2D eigenvalue weighted by Gasteiger charge is -2.22. The zero-order valence-corrected chi connectivity index (χ0v) is 19.0. The van der Waals surface area contributed by atoms with Crippen LogP contribution in [-0.4, -0.2) is 26.8 Å². The van der Waals surface area contributed by atoms with Crippen LogP contribution in [0.1, 0.15) is 31.3 Å². The first-order valence-electron chi connectivity index (χ1n) is 9.30. The van der Waals surface area contributed by atoms with E-state index in [1.54, 1.807) is 31.4 Å². The number of anilines is 1. The van der Waals surface area contributed by atoms with E-state index >= 15 is 0 Å². The highest BCUT2D eigenvalue weighted by molar-refractivity contribution is 7.22. The number of aryl methyl sites for hydroxylation is 2. The van der Waals surface area contributed by atoms with Crippen molar-refractivity contribution in [2.45, 2.75) is 19.9 Å². The second-order valence-electron chi connectivity index (χ2n) is 7.06. The van der Waals surface area contributed by atoms with Crippen LogP contribution < -0.4 is 4.90 Å². The Labute approximate surface area is 192 Å². The van der Waals surface area contributed by atoms with Gasteiger partial charge in [0, 0.05) is 10.9 Å². The second-order valence-corrected chi connectivity index (χ2v) is 10.3. The van der Waals surface area contributed by atoms with Gasteiger partial charge in [-0.1, -0.05) is 17.4 Å². The fraction of sp³-hybridized carbons (Fsp3) is 0.143. The number of fused-ring (bicyclic) bond motifs is 1. The maximum atomic E-state index is 14.2. The fourth-order valence-corrected chi connectivity index (χ4v) is 6.39. The van der Waals surface area contributed by atoms with E-state index in [1.807, 2.05) is 0 Å². The highest BCUT2D eigenvalue weighted by Gasteiger charge is 2.47. The number of Topliss-reactive ketones (excluding diaryl/α,β-unsaturated/α-hetero) is 1. The largest absolute Gasteiger partial charge is 0.503 e. The molecule has 4 heterocycles. The Bertz CT molecular complexity index is 1440. The van der Waals surface area contributed by atoms with Gasteiger partial charge in [0.25, 0.3) is 5.91 Å². The molecule has 11 heteroatoms. The van der Waals surface area contributed by atoms with Crippen LogP contribution in [0.25, 0.3) is 10.2 Å². The third-order valence-corrected chi connectivity index (χ3v) is 7.98. The molecule has 1 aliphatic rings. The predicted octanol–water partition coefficient (Wildman–Crippen LogP) is 5.49. The molecule has 162 valence electrons. The highest BCUT2D eigenvalue weighted by atomic mass is 32.1. The Morgan fingerprint density at radius 1 is 1.19 bits per heavy atom. The molecule has 1 aromatic carbocycles. The Morgan fingerprint density at radius 2 is 1.97 bits per heavy atom. The van der Waals surface area contributed by atoms with Gasteiger partial charge in [0.2, 0.25) is 5.78 Å². The van der Waals surface area contributed by atoms with Gasteiger partial charge in [-0.15, -0.1) is 22.7 Å². The van der Waals surface area contributed by atoms with Gasteiger partial charge in [0.05, 0.1) is 25.9 Å². The van der Waals surface area contributed by atoms with E-state index < -0.39 is 35.1 Å². The van der Waals surface area contributed by atoms with Gasteiger partial charge < -0.3 is 5.11 Å². The fourth-order valence-electron chi connectivity index (χ4n) is 3.66. The van der Waals surface area contributed by atoms with Crippen molar-refractivity contribution in [3.63, 3.8) is 0 Å². The molecule has 3 aromatic heterocycles. The van der Waals surface area contributed by atoms with E-state index in [0.29, 0.717) is 26.5 Å². The molecule has 1 unspecified atom stereocenters. The van der Waals surface area contributed by atoms with Gasteiger partial charge in [0.1, 0.15) is 17.4 Å². The maximum absolute atomic E-state index is 14.2. The quantitative estimate of drug-likeness (QED) is 0.383. The monoisotopic (exact) mass is 489 g/mol. The van der Waals surface area contributed by atoms with Gasteiger partial charge in [-0.25, -0.2) is 18.7 Å². The molecule has 0 saturated heterocycles. The van der Waals surface area contributed by atoms with Crippen molar-refractivity contribution < 1.29 is 23.5 Å². The summed E-state index contributed by atoms with van der Waals surface area (Å²) >= 11 is 3.39. The van der Waals surface area contributed by atoms with Crippen molar-refractivity contribution in [1.82, 2.24) is 9.97 Å². The molecule has 0 radical (unpaired) electrons. The van der Waals surface area contributed by atoms with Crippen LogP contribution in [0.15, 0.2) is 41.0 Å². The van der Waals surface area contributed by atoms with Crippen molar-refractivity contribution in [3.05, 3.63) is 73.1 Å². The van der Waals surface area contributed by atoms with Crippen LogP contribution in [0.3, 0.4) is 0 Å². The van der Waals surface area contributed by atoms with Crippen LogP contribution >= 0.6 is 34.0 Å². The van der Waals surface area contributed by atoms with E-state index in [1.165, 1.54) is 27.6 Å². The van der Waals surface area contributed by atoms with Gasteiger partial charge in [0.15, 0.2) is 16.7 Å². The minimum Gasteiger partial charge on any atom is -0.503 e. The van der Waals surface area contributed by atoms with Crippen molar-refractivity contribution in [2.75, 3.05) is 4.90 Å². The maximum Gasteiger partial charge on any atom is 0.296 e. The number of benzene rings is 1. The first kappa shape index (κ1) is 20.9. The summed E-state index contributed by atoms with van der Waals surface area (Å²) in [5, 5.41) is 13.3. The molecule has 0 aliphatic carbocycles. The van der Waals surface area contributed by atoms with Crippen molar-refractivity contribution >= 4 is 61.0 Å². The molecule has 5 rings (SSSR count). The minimum absolute atomic E-state index is 0.0551. The van der Waals surface area contributed by atoms with Crippen LogP contribution in [0.5, 0.6) is 0 Å². The standard InChI is InChI=1S/C21H13F2N3O3S3/c1-8-19(31-9(2)24-8)17(27)14-16(12-4-3-5-30-12)26(20(29)18(14)28)21-25-15-11(23)6-10(22)7-13(15)32-21/h3-7,16,28H,1-2H3. The molecule has 6 nitrogen and oxygen atoms in total. The number of thiophene rings is 1. The third kappa shape index (κ3) is 3.15. The van der Waals surface area contributed by atoms with E-state index in [4.69, 9.17) is 0 Å². The number of aromatic nitrogens is 2. The highest BCUT2D eigenvalue weighted by Crippen LogP contribution is 2.46. The summed E-state index contributed by atoms with van der Waals surface area (Å²) in [5.74, 6) is -3.64. The first-order valence-corrected chi connectivity index (χ1v) is 11.8. The number of carbonyl (C=O) groups is 2. The normalized spacial score (nSPS) is 16.6. The molecule has 32 heavy (non-hydrogen) atoms. The Balaban J connectivity index is 1.68. The molecule has 1 atom stereocenters. The molecular formula is C21H13F2N3O3S3. The predicted molar refractivity (Wildman–Crippen MR) is 120 cm³/mol. The van der Waals surface area contributed by atoms with Crippen LogP contribution in [0.2, 0.25) is 0 Å². The molecule has 1 amide bonds. The topological polar surface area (TPSA) is 83.4 Å². The Kier molecular flexibility index (Phi) is 4.91. The third-order valence-electron chi connectivity index (χ3n) is 4.98. The Morgan fingerprint density at radius 3 is 2.62 bits per heavy atom. The number of aliphatic hydroxyl groups excluding tert-OH is 1. The zero-order chi connectivity index (χ0) is 22.7. The summed E-state index contributed by atoms with van der Waals surface area (Å²) in [6.07, 6.45) is 0. The van der Waals surface area contributed by atoms with Crippen LogP contribution in [0, 0.1) is 25.5 Å². The van der Waals surface area contributed by atoms with Gasteiger partial charge in [-0.05, 0) is 31.4 Å². The number of aliphatic hydroxyl groups is 1. The van der Waals surface area contributed by atoms with E-state index in [2.05, 4.69) is 9.97 Å². The lowest BCUT2D eigenvalue weighted by molar-refractivity contribution is -0.117. The average molecular weight is 490 g/mol. The molecular weight excluding hydrogens is 476 g/mol. The summed E-state index contributed by atoms with van der Waals surface area (Å²) in [7, 11) is 0. The summed E-state index contributed by atoms with van der Waals surface area (Å²) in [6.45, 7) is 3.45. The van der Waals surface area contributed by atoms with Crippen molar-refractivity contribution in [2.24, 2.45) is 0 Å². The molecule has 0 bridgehead atoms. The number of ketones is 1. The number of hydrogen-bond acceptors (Lipinski definition) is 8. The molecule has 1 N–H and O–H groups in total. The number of carbonyl (C=O) groups excluding carboxylic acids is 2. The van der Waals surface area contributed by atoms with Gasteiger partial charge in [-0.2, -0.15) is 0 Å². The summed E-state index contributed by atoms with van der Waals surface area (Å²) in [5.41, 5.74) is 0.332. The van der Waals surface area contributed by atoms with E-state index in [9.17, 15) is 23.5 Å². The van der Waals surface area contributed by atoms with Gasteiger partial charge in [-0.3, -0.25) is 14.5 Å². The van der Waals surface area contributed by atoms with E-state index in [-0.39, 0.29) is 20.9 Å². The summed E-state index contributed by atoms with van der Waals surface area (Å²) in [6, 6.07) is 4.39. The molecule has 0 spiro atoms. The summed E-state index contributed by atoms with van der Waals surface area (Å²) in [4.78, 5) is 37.2. The van der Waals surface area contributed by atoms with Gasteiger partial charge >= 0.3 is 0 Å². The average Bonchev–Trinajstić information content (AvgIpc) is 3.49. The lowest BCUT2D eigenvalue weighted by Crippen LogP contribution is -2.30. The molecule has 4 aromatic rings. The van der Waals surface area contributed by atoms with Crippen LogP contribution in [0.4, 0.5) is 13.9 Å². The first-order chi connectivity index (χ1) is 15.3. The number of thiazole rings is 2. The number of hydrogen-bond donors (Lipinski definition) is 1. The van der Waals surface area contributed by atoms with Crippen molar-refractivity contribution in [3.8, 4) is 0 Å². The number of halogens is 2. The lowest BCUT2D eigenvalue weighted by atomic mass is 10.0. The van der Waals surface area contributed by atoms with Crippen molar-refractivity contribution in [1.29, 1.82) is 0 Å². The zero-order valence-electron chi connectivity index (χ0n) is 16.6. The SMILES string of the molecule is Cc1nc(C)c(C(=O)C2=C(O)C(=O)N(c3nc4c(F)cc(F)cc4s3)C2c2cccs2)s1.